The number of halogens is 3. The van der Waals surface area contributed by atoms with Gasteiger partial charge >= 0.3 is 0 Å². The van der Waals surface area contributed by atoms with Gasteiger partial charge in [-0.1, -0.05) is 71.2 Å². The van der Waals surface area contributed by atoms with E-state index >= 15 is 0 Å². The van der Waals surface area contributed by atoms with Crippen molar-refractivity contribution in [2.24, 2.45) is 0 Å². The zero-order chi connectivity index (χ0) is 19.4. The zero-order valence-electron chi connectivity index (χ0n) is 15.1. The Labute approximate surface area is 175 Å². The quantitative estimate of drug-likeness (QED) is 0.736. The molecule has 2 aromatic carbocycles. The van der Waals surface area contributed by atoms with Crippen molar-refractivity contribution < 1.29 is 9.69 Å². The third-order valence-electron chi connectivity index (χ3n) is 4.93. The lowest BCUT2D eigenvalue weighted by molar-refractivity contribution is -0.927. The second kappa shape index (κ2) is 8.70. The van der Waals surface area contributed by atoms with E-state index in [1.165, 1.54) is 5.69 Å². The van der Waals surface area contributed by atoms with E-state index in [1.54, 1.807) is 6.07 Å². The molecule has 1 heterocycles. The fourth-order valence-corrected chi connectivity index (χ4v) is 4.06. The molecule has 1 aliphatic heterocycles. The van der Waals surface area contributed by atoms with Gasteiger partial charge in [-0.15, -0.1) is 0 Å². The Morgan fingerprint density at radius 1 is 1.04 bits per heavy atom. The molecule has 1 atom stereocenters. The van der Waals surface area contributed by atoms with Crippen LogP contribution in [-0.2, 0) is 0 Å². The van der Waals surface area contributed by atoms with Gasteiger partial charge in [0.25, 0.3) is 9.70 Å². The van der Waals surface area contributed by atoms with Crippen LogP contribution in [0.4, 0.5) is 5.69 Å². The molecule has 3 rings (SSSR count). The van der Waals surface area contributed by atoms with Crippen molar-refractivity contribution >= 4 is 46.4 Å². The lowest BCUT2D eigenvalue weighted by atomic mass is 10.1. The van der Waals surface area contributed by atoms with Crippen LogP contribution in [0.3, 0.4) is 0 Å². The number of para-hydroxylation sites is 1. The number of anilines is 1. The molecule has 0 aromatic heterocycles. The van der Waals surface area contributed by atoms with Crippen LogP contribution in [-0.4, -0.2) is 42.0 Å². The molecule has 1 aliphatic rings. The molecule has 0 spiro atoms. The number of aryl methyl sites for hydroxylation is 1. The van der Waals surface area contributed by atoms with Crippen LogP contribution < -0.4 is 15.1 Å². The Kier molecular flexibility index (Phi) is 6.53. The van der Waals surface area contributed by atoms with Crippen LogP contribution in [0.25, 0.3) is 0 Å². The fraction of sp³-hybridized carbons (Fsp3) is 0.350. The summed E-state index contributed by atoms with van der Waals surface area (Å²) in [6.45, 7) is 5.08. The van der Waals surface area contributed by atoms with E-state index in [-0.39, 0.29) is 5.91 Å². The number of piperazine rings is 1. The van der Waals surface area contributed by atoms with Crippen molar-refractivity contribution in [1.29, 1.82) is 0 Å². The smallest absolute Gasteiger partial charge is 0.262 e. The van der Waals surface area contributed by atoms with Crippen LogP contribution in [0.15, 0.2) is 54.6 Å². The van der Waals surface area contributed by atoms with Gasteiger partial charge in [0.2, 0.25) is 6.17 Å². The van der Waals surface area contributed by atoms with Gasteiger partial charge in [-0.25, -0.2) is 0 Å². The van der Waals surface area contributed by atoms with E-state index in [9.17, 15) is 4.79 Å². The van der Waals surface area contributed by atoms with Gasteiger partial charge in [0.15, 0.2) is 0 Å². The number of nitrogens with one attached hydrogen (secondary N) is 2. The van der Waals surface area contributed by atoms with Gasteiger partial charge < -0.3 is 9.80 Å². The molecule has 1 saturated heterocycles. The summed E-state index contributed by atoms with van der Waals surface area (Å²) in [5, 5.41) is 2.95. The molecule has 27 heavy (non-hydrogen) atoms. The summed E-state index contributed by atoms with van der Waals surface area (Å²) in [6.07, 6.45) is -0.618. The second-order valence-corrected chi connectivity index (χ2v) is 9.11. The van der Waals surface area contributed by atoms with Gasteiger partial charge in [-0.2, -0.15) is 0 Å². The van der Waals surface area contributed by atoms with Gasteiger partial charge in [0, 0.05) is 11.3 Å². The highest BCUT2D eigenvalue weighted by molar-refractivity contribution is 6.68. The SMILES string of the molecule is Cc1ccccc1C(=O)N[C@@H]([NH+]1CCN(c2ccccc2)CC1)C(Cl)(Cl)Cl. The van der Waals surface area contributed by atoms with E-state index in [2.05, 4.69) is 22.3 Å². The summed E-state index contributed by atoms with van der Waals surface area (Å²) < 4.78 is -1.59. The van der Waals surface area contributed by atoms with E-state index < -0.39 is 9.96 Å². The molecule has 2 aromatic rings. The Hall–Kier alpha value is -1.46. The number of carbonyl (C=O) groups is 1. The van der Waals surface area contributed by atoms with Crippen molar-refractivity contribution in [3.8, 4) is 0 Å². The first-order valence-corrected chi connectivity index (χ1v) is 10.1. The highest BCUT2D eigenvalue weighted by atomic mass is 35.6. The molecular weight excluding hydrogens is 405 g/mol. The van der Waals surface area contributed by atoms with Crippen LogP contribution in [0.5, 0.6) is 0 Å². The Morgan fingerprint density at radius 2 is 1.63 bits per heavy atom. The average Bonchev–Trinajstić information content (AvgIpc) is 2.66. The van der Waals surface area contributed by atoms with E-state index in [1.807, 2.05) is 43.3 Å². The average molecular weight is 428 g/mol. The highest BCUT2D eigenvalue weighted by Gasteiger charge is 2.43. The normalized spacial score (nSPS) is 16.8. The molecular formula is C20H23Cl3N3O+. The molecule has 0 saturated carbocycles. The lowest BCUT2D eigenvalue weighted by Crippen LogP contribution is -3.21. The third kappa shape index (κ3) is 5.08. The largest absolute Gasteiger partial charge is 0.360 e. The van der Waals surface area contributed by atoms with Gasteiger partial charge in [-0.05, 0) is 30.7 Å². The van der Waals surface area contributed by atoms with Crippen molar-refractivity contribution in [2.45, 2.75) is 16.9 Å². The highest BCUT2D eigenvalue weighted by Crippen LogP contribution is 2.28. The summed E-state index contributed by atoms with van der Waals surface area (Å²) in [5.41, 5.74) is 2.67. The number of hydrogen-bond acceptors (Lipinski definition) is 2. The van der Waals surface area contributed by atoms with Crippen LogP contribution >= 0.6 is 34.8 Å². The maximum atomic E-state index is 12.7. The molecule has 144 valence electrons. The number of hydrogen-bond donors (Lipinski definition) is 2. The minimum atomic E-state index is -1.59. The van der Waals surface area contributed by atoms with E-state index in [0.717, 1.165) is 36.6 Å². The minimum Gasteiger partial charge on any atom is -0.360 e. The molecule has 0 radical (unpaired) electrons. The monoisotopic (exact) mass is 426 g/mol. The van der Waals surface area contributed by atoms with E-state index in [4.69, 9.17) is 34.8 Å². The second-order valence-electron chi connectivity index (χ2n) is 6.74. The topological polar surface area (TPSA) is 36.8 Å². The number of carbonyl (C=O) groups excluding carboxylic acids is 1. The van der Waals surface area contributed by atoms with Crippen molar-refractivity contribution in [1.82, 2.24) is 5.32 Å². The van der Waals surface area contributed by atoms with Gasteiger partial charge in [0.1, 0.15) is 0 Å². The molecule has 1 fully saturated rings. The molecule has 4 nitrogen and oxygen atoms in total. The molecule has 7 heteroatoms. The van der Waals surface area contributed by atoms with Crippen LogP contribution in [0.1, 0.15) is 15.9 Å². The van der Waals surface area contributed by atoms with Crippen molar-refractivity contribution in [3.63, 3.8) is 0 Å². The maximum absolute atomic E-state index is 12.7. The molecule has 2 N–H and O–H groups in total. The number of benzene rings is 2. The van der Waals surface area contributed by atoms with Gasteiger partial charge in [-0.3, -0.25) is 10.1 Å². The number of nitrogens with zero attached hydrogens (tertiary/aromatic N) is 1. The summed E-state index contributed by atoms with van der Waals surface area (Å²) >= 11 is 18.7. The molecule has 0 aliphatic carbocycles. The number of alkyl halides is 3. The fourth-order valence-electron chi connectivity index (χ4n) is 3.43. The zero-order valence-corrected chi connectivity index (χ0v) is 17.4. The first-order chi connectivity index (χ1) is 12.9. The number of quaternary nitrogens is 1. The van der Waals surface area contributed by atoms with Crippen molar-refractivity contribution in [2.75, 3.05) is 31.1 Å². The van der Waals surface area contributed by atoms with Crippen LogP contribution in [0.2, 0.25) is 0 Å². The first-order valence-electron chi connectivity index (χ1n) is 8.94. The molecule has 0 bridgehead atoms. The Bertz CT molecular complexity index is 772. The Balaban J connectivity index is 1.69. The number of amides is 1. The van der Waals surface area contributed by atoms with Crippen LogP contribution in [0, 0.1) is 6.92 Å². The predicted octanol–water partition coefficient (Wildman–Crippen LogP) is 2.83. The Morgan fingerprint density at radius 3 is 2.22 bits per heavy atom. The lowest BCUT2D eigenvalue weighted by Gasteiger charge is -2.39. The minimum absolute atomic E-state index is 0.220. The first kappa shape index (κ1) is 20.3. The summed E-state index contributed by atoms with van der Waals surface area (Å²) in [5.74, 6) is -0.220. The third-order valence-corrected chi connectivity index (χ3v) is 5.58. The van der Waals surface area contributed by atoms with E-state index in [0.29, 0.717) is 5.56 Å². The predicted molar refractivity (Wildman–Crippen MR) is 112 cm³/mol. The molecule has 1 amide bonds. The standard InChI is InChI=1S/C20H22Cl3N3O/c1-15-7-5-6-10-17(15)18(27)24-19(20(21,22)23)26-13-11-25(12-14-26)16-8-3-2-4-9-16/h2-10,19H,11-14H2,1H3,(H,24,27)/p+1/t19-/m0/s1. The summed E-state index contributed by atoms with van der Waals surface area (Å²) in [6, 6.07) is 17.7. The summed E-state index contributed by atoms with van der Waals surface area (Å²) in [7, 11) is 0. The van der Waals surface area contributed by atoms with Crippen molar-refractivity contribution in [3.05, 3.63) is 65.7 Å². The number of rotatable bonds is 4. The molecule has 0 unspecified atom stereocenters. The maximum Gasteiger partial charge on any atom is 0.262 e. The van der Waals surface area contributed by atoms with Gasteiger partial charge in [0.05, 0.1) is 26.2 Å². The summed E-state index contributed by atoms with van der Waals surface area (Å²) in [4.78, 5) is 16.1.